The van der Waals surface area contributed by atoms with Crippen molar-refractivity contribution in [1.29, 1.82) is 0 Å². The van der Waals surface area contributed by atoms with Crippen LogP contribution < -0.4 is 0 Å². The zero-order valence-corrected chi connectivity index (χ0v) is 9.37. The van der Waals surface area contributed by atoms with Crippen molar-refractivity contribution in [3.8, 4) is 10.8 Å². The molecule has 0 aliphatic rings. The molecule has 0 aromatic carbocycles. The van der Waals surface area contributed by atoms with E-state index in [9.17, 15) is 13.2 Å². The van der Waals surface area contributed by atoms with Crippen LogP contribution in [0.3, 0.4) is 0 Å². The third-order valence-electron chi connectivity index (χ3n) is 1.56. The van der Waals surface area contributed by atoms with Gasteiger partial charge in [-0.05, 0) is 15.9 Å². The highest BCUT2D eigenvalue weighted by atomic mass is 79.9. The van der Waals surface area contributed by atoms with Gasteiger partial charge in [-0.25, -0.2) is 9.97 Å². The third kappa shape index (κ3) is 2.20. The van der Waals surface area contributed by atoms with Gasteiger partial charge in [0.25, 0.3) is 0 Å². The molecule has 2 aromatic rings. The van der Waals surface area contributed by atoms with Crippen molar-refractivity contribution < 1.29 is 13.2 Å². The number of nitrogens with one attached hydrogen (secondary N) is 1. The Morgan fingerprint density at radius 2 is 2.13 bits per heavy atom. The van der Waals surface area contributed by atoms with E-state index in [1.54, 1.807) is 5.38 Å². The van der Waals surface area contributed by atoms with Crippen LogP contribution in [0.5, 0.6) is 0 Å². The summed E-state index contributed by atoms with van der Waals surface area (Å²) in [5.41, 5.74) is -0.871. The van der Waals surface area contributed by atoms with E-state index in [0.717, 1.165) is 6.20 Å². The molecule has 0 amide bonds. The summed E-state index contributed by atoms with van der Waals surface area (Å²) < 4.78 is 37.3. The second-order valence-corrected chi connectivity index (χ2v) is 4.29. The first-order chi connectivity index (χ1) is 6.97. The Bertz CT molecular complexity index is 476. The van der Waals surface area contributed by atoms with E-state index >= 15 is 0 Å². The van der Waals surface area contributed by atoms with Gasteiger partial charge in [0.2, 0.25) is 0 Å². The largest absolute Gasteiger partial charge is 0.432 e. The molecule has 2 heterocycles. The number of imidazole rings is 1. The van der Waals surface area contributed by atoms with Crippen molar-refractivity contribution in [3.05, 3.63) is 21.9 Å². The Kier molecular flexibility index (Phi) is 2.55. The minimum absolute atomic E-state index is 0.123. The molecule has 0 saturated carbocycles. The van der Waals surface area contributed by atoms with Crippen molar-refractivity contribution in [2.75, 3.05) is 0 Å². The molecule has 0 bridgehead atoms. The molecule has 0 radical (unpaired) electrons. The van der Waals surface area contributed by atoms with E-state index in [2.05, 4.69) is 30.9 Å². The van der Waals surface area contributed by atoms with Gasteiger partial charge in [-0.2, -0.15) is 13.2 Å². The number of nitrogens with zero attached hydrogens (tertiary/aromatic N) is 2. The van der Waals surface area contributed by atoms with Gasteiger partial charge in [0.05, 0.1) is 6.20 Å². The van der Waals surface area contributed by atoms with Crippen LogP contribution >= 0.6 is 27.3 Å². The van der Waals surface area contributed by atoms with Crippen molar-refractivity contribution in [1.82, 2.24) is 15.0 Å². The minimum Gasteiger partial charge on any atom is -0.332 e. The zero-order chi connectivity index (χ0) is 11.1. The second-order valence-electron chi connectivity index (χ2n) is 2.62. The number of aromatic amines is 1. The van der Waals surface area contributed by atoms with Crippen LogP contribution in [-0.4, -0.2) is 15.0 Å². The standard InChI is InChI=1S/C7H3BrF3N3S/c8-4-2-15-6(14-4)5-12-1-3(13-5)7(9,10)11/h1-2H,(H,12,13). The summed E-state index contributed by atoms with van der Waals surface area (Å²) in [7, 11) is 0. The summed E-state index contributed by atoms with van der Waals surface area (Å²) in [5.74, 6) is 0.123. The number of alkyl halides is 3. The van der Waals surface area contributed by atoms with Gasteiger partial charge in [-0.1, -0.05) is 0 Å². The Hall–Kier alpha value is -0.890. The molecule has 0 fully saturated rings. The number of hydrogen-bond donors (Lipinski definition) is 1. The molecular weight excluding hydrogens is 295 g/mol. The molecule has 0 unspecified atom stereocenters. The molecule has 0 saturated heterocycles. The zero-order valence-electron chi connectivity index (χ0n) is 6.97. The van der Waals surface area contributed by atoms with Crippen LogP contribution in [-0.2, 0) is 6.18 Å². The molecule has 8 heteroatoms. The maximum absolute atomic E-state index is 12.2. The van der Waals surface area contributed by atoms with E-state index in [1.165, 1.54) is 11.3 Å². The van der Waals surface area contributed by atoms with Gasteiger partial charge in [-0.3, -0.25) is 0 Å². The normalized spacial score (nSPS) is 12.0. The Labute approximate surface area is 94.5 Å². The number of H-pyrrole nitrogens is 1. The molecule has 3 nitrogen and oxygen atoms in total. The van der Waals surface area contributed by atoms with Gasteiger partial charge >= 0.3 is 6.18 Å². The molecule has 2 aromatic heterocycles. The fraction of sp³-hybridized carbons (Fsp3) is 0.143. The van der Waals surface area contributed by atoms with E-state index in [0.29, 0.717) is 9.61 Å². The topological polar surface area (TPSA) is 41.6 Å². The second kappa shape index (κ2) is 3.60. The highest BCUT2D eigenvalue weighted by molar-refractivity contribution is 9.10. The highest BCUT2D eigenvalue weighted by Gasteiger charge is 2.33. The number of aromatic nitrogens is 3. The number of hydrogen-bond acceptors (Lipinski definition) is 3. The van der Waals surface area contributed by atoms with E-state index in [-0.39, 0.29) is 5.82 Å². The summed E-state index contributed by atoms with van der Waals surface area (Å²) in [6.07, 6.45) is -3.65. The van der Waals surface area contributed by atoms with Crippen LogP contribution in [0.4, 0.5) is 13.2 Å². The summed E-state index contributed by atoms with van der Waals surface area (Å²) in [6.45, 7) is 0. The average molecular weight is 298 g/mol. The number of halogens is 4. The maximum atomic E-state index is 12.2. The lowest BCUT2D eigenvalue weighted by molar-refractivity contribution is -0.140. The van der Waals surface area contributed by atoms with Crippen molar-refractivity contribution in [3.63, 3.8) is 0 Å². The monoisotopic (exact) mass is 297 g/mol. The Balaban J connectivity index is 2.36. The van der Waals surface area contributed by atoms with Crippen LogP contribution in [0.15, 0.2) is 16.2 Å². The van der Waals surface area contributed by atoms with Crippen LogP contribution in [0.25, 0.3) is 10.8 Å². The van der Waals surface area contributed by atoms with Crippen molar-refractivity contribution in [2.24, 2.45) is 0 Å². The van der Waals surface area contributed by atoms with E-state index < -0.39 is 11.9 Å². The summed E-state index contributed by atoms with van der Waals surface area (Å²) in [6, 6.07) is 0. The molecule has 15 heavy (non-hydrogen) atoms. The molecule has 0 atom stereocenters. The summed E-state index contributed by atoms with van der Waals surface area (Å²) in [5, 5.41) is 2.09. The molecular formula is C7H3BrF3N3S. The van der Waals surface area contributed by atoms with Crippen LogP contribution in [0, 0.1) is 0 Å². The number of thiazole rings is 1. The summed E-state index contributed by atoms with van der Waals surface area (Å²) >= 11 is 4.32. The lowest BCUT2D eigenvalue weighted by Crippen LogP contribution is -2.04. The smallest absolute Gasteiger partial charge is 0.332 e. The van der Waals surface area contributed by atoms with E-state index in [4.69, 9.17) is 0 Å². The van der Waals surface area contributed by atoms with Crippen molar-refractivity contribution in [2.45, 2.75) is 6.18 Å². The van der Waals surface area contributed by atoms with Crippen LogP contribution in [0.2, 0.25) is 0 Å². The Morgan fingerprint density at radius 3 is 2.60 bits per heavy atom. The molecule has 0 aliphatic carbocycles. The SMILES string of the molecule is FC(F)(F)c1cnc(-c2nc(Br)cs2)[nH]1. The fourth-order valence-corrected chi connectivity index (χ4v) is 2.14. The van der Waals surface area contributed by atoms with Gasteiger partial charge in [0.1, 0.15) is 10.3 Å². The third-order valence-corrected chi connectivity index (χ3v) is 3.12. The lowest BCUT2D eigenvalue weighted by atomic mass is 10.5. The highest BCUT2D eigenvalue weighted by Crippen LogP contribution is 2.30. The predicted octanol–water partition coefficient (Wildman–Crippen LogP) is 3.31. The lowest BCUT2D eigenvalue weighted by Gasteiger charge is -2.00. The quantitative estimate of drug-likeness (QED) is 0.877. The molecule has 80 valence electrons. The van der Waals surface area contributed by atoms with Gasteiger partial charge in [-0.15, -0.1) is 11.3 Å². The first-order valence-electron chi connectivity index (χ1n) is 3.70. The maximum Gasteiger partial charge on any atom is 0.432 e. The van der Waals surface area contributed by atoms with Gasteiger partial charge in [0.15, 0.2) is 10.8 Å². The molecule has 0 spiro atoms. The van der Waals surface area contributed by atoms with E-state index in [1.807, 2.05) is 0 Å². The summed E-state index contributed by atoms with van der Waals surface area (Å²) in [4.78, 5) is 9.74. The number of rotatable bonds is 1. The first kappa shape index (κ1) is 10.6. The predicted molar refractivity (Wildman–Crippen MR) is 52.4 cm³/mol. The van der Waals surface area contributed by atoms with Crippen LogP contribution in [0.1, 0.15) is 5.69 Å². The van der Waals surface area contributed by atoms with Crippen molar-refractivity contribution >= 4 is 27.3 Å². The molecule has 1 N–H and O–H groups in total. The Morgan fingerprint density at radius 1 is 1.40 bits per heavy atom. The molecule has 2 rings (SSSR count). The van der Waals surface area contributed by atoms with Gasteiger partial charge < -0.3 is 4.98 Å². The fourth-order valence-electron chi connectivity index (χ4n) is 0.937. The molecule has 0 aliphatic heterocycles. The minimum atomic E-state index is -4.40. The first-order valence-corrected chi connectivity index (χ1v) is 5.37. The van der Waals surface area contributed by atoms with Gasteiger partial charge in [0, 0.05) is 5.38 Å². The average Bonchev–Trinajstić information content (AvgIpc) is 2.69.